The number of carbonyl (C=O) groups is 4. The van der Waals surface area contributed by atoms with Gasteiger partial charge in [0.1, 0.15) is 23.8 Å². The lowest BCUT2D eigenvalue weighted by Crippen LogP contribution is -3.17. The summed E-state index contributed by atoms with van der Waals surface area (Å²) in [6, 6.07) is 5.13. The van der Waals surface area contributed by atoms with Crippen LogP contribution in [0.5, 0.6) is 5.88 Å². The molecule has 1 aliphatic heterocycles. The van der Waals surface area contributed by atoms with Crippen LogP contribution in [0.15, 0.2) is 43.1 Å². The number of amides is 4. The van der Waals surface area contributed by atoms with Crippen molar-refractivity contribution in [1.29, 1.82) is 0 Å². The number of ether oxygens (including phenoxy) is 2. The predicted octanol–water partition coefficient (Wildman–Crippen LogP) is 2.76. The lowest BCUT2D eigenvalue weighted by atomic mass is 9.85. The molecule has 2 aliphatic carbocycles. The highest BCUT2D eigenvalue weighted by Gasteiger charge is 2.68. The number of sulfonamides is 1. The summed E-state index contributed by atoms with van der Waals surface area (Å²) in [6.07, 6.45) is 2.37. The van der Waals surface area contributed by atoms with Crippen LogP contribution >= 0.6 is 0 Å². The van der Waals surface area contributed by atoms with Gasteiger partial charge in [-0.15, -0.1) is 6.58 Å². The number of benzene rings is 1. The van der Waals surface area contributed by atoms with Gasteiger partial charge in [0.05, 0.1) is 11.8 Å². The number of rotatable bonds is 10. The number of aryl methyl sites for hydroxylation is 1. The second-order valence-electron chi connectivity index (χ2n) is 15.7. The first-order valence-electron chi connectivity index (χ1n) is 16.8. The van der Waals surface area contributed by atoms with Crippen LogP contribution in [0.2, 0.25) is 0 Å². The van der Waals surface area contributed by atoms with Crippen LogP contribution in [0.3, 0.4) is 0 Å². The van der Waals surface area contributed by atoms with E-state index in [1.165, 1.54) is 11.0 Å². The molecule has 50 heavy (non-hydrogen) atoms. The fourth-order valence-electron chi connectivity index (χ4n) is 6.48. The van der Waals surface area contributed by atoms with Crippen molar-refractivity contribution in [2.45, 2.75) is 109 Å². The number of nitrogens with zero attached hydrogens (tertiary/aromatic N) is 2. The van der Waals surface area contributed by atoms with E-state index in [-0.39, 0.29) is 19.4 Å². The summed E-state index contributed by atoms with van der Waals surface area (Å²) in [5.41, 5.74) is -2.49. The summed E-state index contributed by atoms with van der Waals surface area (Å²) >= 11 is 0. The third-order valence-corrected chi connectivity index (χ3v) is 11.3. The number of carbonyl (C=O) groups excluding carboxylic acids is 4. The molecule has 14 nitrogen and oxygen atoms in total. The van der Waals surface area contributed by atoms with E-state index in [1.807, 2.05) is 31.2 Å². The normalized spacial score (nSPS) is 25.0. The minimum Gasteiger partial charge on any atom is -0.472 e. The Morgan fingerprint density at radius 2 is 1.76 bits per heavy atom. The van der Waals surface area contributed by atoms with Crippen molar-refractivity contribution < 1.29 is 42.1 Å². The van der Waals surface area contributed by atoms with Gasteiger partial charge in [-0.05, 0) is 63.0 Å². The molecular formula is C35H48N6O8S. The molecule has 4 N–H and O–H groups in total. The van der Waals surface area contributed by atoms with Gasteiger partial charge in [0.25, 0.3) is 5.91 Å². The average molecular weight is 713 g/mol. The number of hydrogen-bond donors (Lipinski definition) is 3. The summed E-state index contributed by atoms with van der Waals surface area (Å²) in [5.74, 6) is 6.36. The molecule has 0 bridgehead atoms. The van der Waals surface area contributed by atoms with E-state index in [2.05, 4.69) is 21.6 Å². The number of hydrogen-bond acceptors (Lipinski definition) is 9. The van der Waals surface area contributed by atoms with Crippen molar-refractivity contribution in [2.75, 3.05) is 6.54 Å². The van der Waals surface area contributed by atoms with Gasteiger partial charge in [0.2, 0.25) is 21.8 Å². The molecule has 3 unspecified atom stereocenters. The summed E-state index contributed by atoms with van der Waals surface area (Å²) < 4.78 is 39.3. The van der Waals surface area contributed by atoms with Crippen molar-refractivity contribution in [1.82, 2.24) is 19.9 Å². The maximum Gasteiger partial charge on any atom is 0.408 e. The molecule has 2 heterocycles. The summed E-state index contributed by atoms with van der Waals surface area (Å²) in [5, 5.41) is 3.05. The van der Waals surface area contributed by atoms with Crippen molar-refractivity contribution in [3.05, 3.63) is 54.5 Å². The summed E-state index contributed by atoms with van der Waals surface area (Å²) in [6.45, 7) is 15.9. The van der Waals surface area contributed by atoms with Gasteiger partial charge < -0.3 is 30.5 Å². The van der Waals surface area contributed by atoms with E-state index in [9.17, 15) is 27.6 Å². The van der Waals surface area contributed by atoms with E-state index in [0.717, 1.165) is 16.3 Å². The summed E-state index contributed by atoms with van der Waals surface area (Å²) in [4.78, 5) is 61.1. The molecule has 1 aromatic heterocycles. The Balaban J connectivity index is 1.48. The van der Waals surface area contributed by atoms with Gasteiger partial charge >= 0.3 is 12.0 Å². The summed E-state index contributed by atoms with van der Waals surface area (Å²) in [7, 11) is -3.97. The van der Waals surface area contributed by atoms with Crippen molar-refractivity contribution in [2.24, 2.45) is 11.3 Å². The Hall–Kier alpha value is -4.08. The first kappa shape index (κ1) is 37.2. The molecule has 4 amide bonds. The molecule has 1 saturated heterocycles. The van der Waals surface area contributed by atoms with Gasteiger partial charge in [0.15, 0.2) is 5.54 Å². The Labute approximate surface area is 293 Å². The lowest BCUT2D eigenvalue weighted by Gasteiger charge is -2.37. The highest BCUT2D eigenvalue weighted by atomic mass is 32.2. The zero-order chi connectivity index (χ0) is 37.0. The maximum absolute atomic E-state index is 14.5. The fourth-order valence-corrected chi connectivity index (χ4v) is 7.84. The largest absolute Gasteiger partial charge is 0.472 e. The van der Waals surface area contributed by atoms with Crippen molar-refractivity contribution in [3.8, 4) is 5.88 Å². The monoisotopic (exact) mass is 712 g/mol. The van der Waals surface area contributed by atoms with Crippen LogP contribution in [0.1, 0.15) is 72.8 Å². The van der Waals surface area contributed by atoms with E-state index >= 15 is 0 Å². The molecule has 272 valence electrons. The van der Waals surface area contributed by atoms with Gasteiger partial charge in [-0.2, -0.15) is 0 Å². The Morgan fingerprint density at radius 3 is 2.32 bits per heavy atom. The topological polar surface area (TPSA) is 189 Å². The smallest absolute Gasteiger partial charge is 0.408 e. The quantitative estimate of drug-likeness (QED) is 0.246. The molecule has 2 saturated carbocycles. The van der Waals surface area contributed by atoms with Crippen LogP contribution in [0, 0.1) is 18.3 Å². The predicted molar refractivity (Wildman–Crippen MR) is 185 cm³/mol. The molecule has 3 fully saturated rings. The second kappa shape index (κ2) is 13.2. The minimum atomic E-state index is -3.97. The lowest BCUT2D eigenvalue weighted by molar-refractivity contribution is -0.799. The first-order chi connectivity index (χ1) is 23.2. The first-order valence-corrected chi connectivity index (χ1v) is 18.4. The highest BCUT2D eigenvalue weighted by molar-refractivity contribution is 7.91. The van der Waals surface area contributed by atoms with Crippen LogP contribution in [0.25, 0.3) is 16.6 Å². The Bertz CT molecular complexity index is 1810. The van der Waals surface area contributed by atoms with Crippen molar-refractivity contribution in [3.63, 3.8) is 0 Å². The third-order valence-electron chi connectivity index (χ3n) is 9.45. The van der Waals surface area contributed by atoms with Gasteiger partial charge in [-0.25, -0.2) is 27.7 Å². The van der Waals surface area contributed by atoms with Crippen molar-refractivity contribution >= 4 is 44.6 Å². The number of fused-ring (bicyclic) bond motifs is 1. The zero-order valence-electron chi connectivity index (χ0n) is 29.7. The SMILES string of the molecule is C=CC1C[C@@]1(C(=O)NS(=O)(=O)C1CC1)[NH+]([NH-])C(=O)C1C[C@@H](Oc2ncc(C)c3ccccc23)CN1C(=O)[C@@H](NC(=O)OC(C)(C)C)C(C)(C)C. The van der Waals surface area contributed by atoms with Crippen LogP contribution in [0.4, 0.5) is 4.79 Å². The molecule has 5 rings (SSSR count). The van der Waals surface area contributed by atoms with Gasteiger partial charge in [0, 0.05) is 30.3 Å². The molecule has 2 aromatic rings. The second-order valence-corrected chi connectivity index (χ2v) is 17.6. The molecule has 0 spiro atoms. The number of alkyl carbamates (subject to hydrolysis) is 1. The fraction of sp³-hybridized carbons (Fsp3) is 0.571. The molecular weight excluding hydrogens is 664 g/mol. The van der Waals surface area contributed by atoms with Crippen LogP contribution in [-0.4, -0.2) is 83.2 Å². The molecule has 1 aromatic carbocycles. The van der Waals surface area contributed by atoms with E-state index < -0.39 is 84.8 Å². The number of nitrogens with one attached hydrogen (secondary N) is 4. The van der Waals surface area contributed by atoms with E-state index in [0.29, 0.717) is 18.7 Å². The molecule has 15 heteroatoms. The van der Waals surface area contributed by atoms with E-state index in [4.69, 9.17) is 15.3 Å². The van der Waals surface area contributed by atoms with Crippen LogP contribution in [-0.2, 0) is 29.1 Å². The molecule has 0 radical (unpaired) electrons. The maximum atomic E-state index is 14.5. The number of aromatic nitrogens is 1. The van der Waals surface area contributed by atoms with E-state index in [1.54, 1.807) is 47.7 Å². The highest BCUT2D eigenvalue weighted by Crippen LogP contribution is 2.43. The Morgan fingerprint density at radius 1 is 1.12 bits per heavy atom. The number of pyridine rings is 1. The molecule has 3 aliphatic rings. The van der Waals surface area contributed by atoms with Crippen LogP contribution < -0.4 is 19.8 Å². The molecule has 6 atom stereocenters. The average Bonchev–Trinajstić information content (AvgIpc) is 3.95. The third kappa shape index (κ3) is 7.49. The number of quaternary nitrogens is 1. The minimum absolute atomic E-state index is 0.0256. The number of likely N-dealkylation sites (tertiary alicyclic amines) is 1. The standard InChI is InChI=1S/C35H48N6O8S/c1-9-21-17-35(21,31(44)39-50(46,47)23-14-15-23)41(36)29(42)26-16-22(48-28-25-13-11-10-12-24(25)20(2)18-37-28)19-40(26)30(43)27(33(3,4)5)38-32(45)49-34(6,7)8/h9-13,18,21-23,26-27,36,41H,1,14-17,19H2,2-8H3,(H,38,45)(H,39,44)/t21?,22-,26?,27-,35-/m1/s1. The van der Waals surface area contributed by atoms with Gasteiger partial charge in [-0.3, -0.25) is 9.59 Å². The zero-order valence-corrected chi connectivity index (χ0v) is 30.5. The Kier molecular flexibility index (Phi) is 9.84. The van der Waals surface area contributed by atoms with Gasteiger partial charge in [-0.1, -0.05) is 45.0 Å².